The fraction of sp³-hybridized carbons (Fsp3) is 0.333. The number of nitrogens with one attached hydrogen (secondary N) is 1. The van der Waals surface area contributed by atoms with E-state index in [4.69, 9.17) is 14.6 Å². The fourth-order valence-electron chi connectivity index (χ4n) is 3.20. The molecule has 2 amide bonds. The van der Waals surface area contributed by atoms with E-state index in [0.717, 1.165) is 29.3 Å². The number of carboxylic acid groups (broad SMARTS) is 1. The minimum absolute atomic E-state index is 0.0833. The average Bonchev–Trinajstić information content (AvgIpc) is 3.28. The first-order valence-corrected chi connectivity index (χ1v) is 10.4. The first-order valence-electron chi connectivity index (χ1n) is 10.4. The minimum Gasteiger partial charge on any atom is -0.477 e. The Kier molecular flexibility index (Phi) is 8.26. The molecule has 1 aromatic heterocycles. The van der Waals surface area contributed by atoms with Gasteiger partial charge >= 0.3 is 23.6 Å². The molecule has 0 aromatic carbocycles. The molecule has 14 nitrogen and oxygen atoms in total. The second-order valence-corrected chi connectivity index (χ2v) is 7.53. The lowest BCUT2D eigenvalue weighted by Gasteiger charge is -2.21. The van der Waals surface area contributed by atoms with E-state index in [0.29, 0.717) is 10.8 Å². The molecular formula is C21H20F2N4O10. The zero-order valence-corrected chi connectivity index (χ0v) is 18.7. The van der Waals surface area contributed by atoms with Crippen LogP contribution >= 0.6 is 0 Å². The number of carboxylic acids is 1. The molecule has 1 fully saturated rings. The highest BCUT2D eigenvalue weighted by molar-refractivity contribution is 6.13. The van der Waals surface area contributed by atoms with Gasteiger partial charge in [0, 0.05) is 31.1 Å². The van der Waals surface area contributed by atoms with Crippen LogP contribution in [-0.4, -0.2) is 91.4 Å². The van der Waals surface area contributed by atoms with Crippen LogP contribution in [-0.2, 0) is 28.7 Å². The number of hydrogen-bond donors (Lipinski definition) is 4. The molecule has 1 unspecified atom stereocenters. The molecule has 3 atom stereocenters. The van der Waals surface area contributed by atoms with Crippen molar-refractivity contribution in [3.63, 3.8) is 0 Å². The van der Waals surface area contributed by atoms with E-state index in [9.17, 15) is 43.0 Å². The topological polar surface area (TPSA) is 198 Å². The van der Waals surface area contributed by atoms with Gasteiger partial charge in [0.25, 0.3) is 11.8 Å². The van der Waals surface area contributed by atoms with Gasteiger partial charge < -0.3 is 30.1 Å². The Morgan fingerprint density at radius 1 is 1.22 bits per heavy atom. The molecule has 4 N–H and O–H groups in total. The standard InChI is InChI=1S/C21H20F2N4O10/c22-21(23)16(31)12(10-28)37-19(21)27-7-5-13(25-20(27)35)24-9-11(17(32)33)18(34)36-8-2-1-6-26-14(29)3-4-15(26)30/h1-5,7,9,12,16,19,28,31H,6,8,10H2,(H,32,33)(H,24,25,35)/b2-1-,11-9+/t12-,16?,19-/m1/s1. The van der Waals surface area contributed by atoms with E-state index in [2.05, 4.69) is 10.3 Å². The van der Waals surface area contributed by atoms with Crippen LogP contribution < -0.4 is 11.0 Å². The van der Waals surface area contributed by atoms with E-state index in [-0.39, 0.29) is 12.4 Å². The number of aliphatic hydroxyl groups excluding tert-OH is 2. The summed E-state index contributed by atoms with van der Waals surface area (Å²) in [5.41, 5.74) is -2.16. The highest BCUT2D eigenvalue weighted by Gasteiger charge is 2.59. The molecular weight excluding hydrogens is 506 g/mol. The van der Waals surface area contributed by atoms with Gasteiger partial charge in [0.2, 0.25) is 6.23 Å². The second-order valence-electron chi connectivity index (χ2n) is 7.53. The lowest BCUT2D eigenvalue weighted by Crippen LogP contribution is -2.41. The fourth-order valence-corrected chi connectivity index (χ4v) is 3.20. The third kappa shape index (κ3) is 5.93. The first kappa shape index (κ1) is 27.3. The number of nitrogens with zero attached hydrogens (tertiary/aromatic N) is 3. The Balaban J connectivity index is 1.61. The van der Waals surface area contributed by atoms with Crippen molar-refractivity contribution in [2.45, 2.75) is 24.4 Å². The Hall–Kier alpha value is -4.28. The normalized spacial score (nSPS) is 23.2. The number of carbonyl (C=O) groups excluding carboxylic acids is 3. The van der Waals surface area contributed by atoms with E-state index < -0.39 is 72.6 Å². The molecule has 0 radical (unpaired) electrons. The number of rotatable bonds is 10. The highest BCUT2D eigenvalue weighted by atomic mass is 19.3. The molecule has 198 valence electrons. The van der Waals surface area contributed by atoms with Gasteiger partial charge in [0.15, 0.2) is 11.7 Å². The molecule has 1 aromatic rings. The predicted octanol–water partition coefficient (Wildman–Crippen LogP) is -1.47. The van der Waals surface area contributed by atoms with Crippen molar-refractivity contribution in [3.05, 3.63) is 58.8 Å². The van der Waals surface area contributed by atoms with Crippen LogP contribution in [0.4, 0.5) is 14.6 Å². The Bertz CT molecular complexity index is 1220. The lowest BCUT2D eigenvalue weighted by molar-refractivity contribution is -0.143. The van der Waals surface area contributed by atoms with Gasteiger partial charge in [0.05, 0.1) is 6.61 Å². The van der Waals surface area contributed by atoms with Crippen molar-refractivity contribution < 1.29 is 52.8 Å². The number of aliphatic carboxylic acids is 1. The second kappa shape index (κ2) is 11.2. The SMILES string of the molecule is O=C(O)/C(=C\Nc1ccn([C@@H]2O[C@H](CO)C(O)C2(F)F)c(=O)n1)C(=O)OC/C=C\CN1C(=O)C=CC1=O. The van der Waals surface area contributed by atoms with Crippen LogP contribution in [0.15, 0.2) is 53.1 Å². The Morgan fingerprint density at radius 2 is 1.89 bits per heavy atom. The van der Waals surface area contributed by atoms with Crippen molar-refractivity contribution in [1.82, 2.24) is 14.5 Å². The summed E-state index contributed by atoms with van der Waals surface area (Å²) in [5, 5.41) is 30.2. The number of amides is 2. The van der Waals surface area contributed by atoms with E-state index >= 15 is 0 Å². The van der Waals surface area contributed by atoms with Crippen LogP contribution in [0.5, 0.6) is 0 Å². The monoisotopic (exact) mass is 526 g/mol. The molecule has 0 bridgehead atoms. The molecule has 37 heavy (non-hydrogen) atoms. The quantitative estimate of drug-likeness (QED) is 0.0691. The number of esters is 1. The summed E-state index contributed by atoms with van der Waals surface area (Å²) in [6.45, 7) is -1.39. The smallest absolute Gasteiger partial charge is 0.351 e. The minimum atomic E-state index is -3.92. The number of imide groups is 1. The number of anilines is 1. The third-order valence-electron chi connectivity index (χ3n) is 5.12. The number of carbonyl (C=O) groups is 4. The molecule has 3 rings (SSSR count). The molecule has 16 heteroatoms. The predicted molar refractivity (Wildman–Crippen MR) is 116 cm³/mol. The number of aromatic nitrogens is 2. The van der Waals surface area contributed by atoms with Crippen LogP contribution in [0.1, 0.15) is 6.23 Å². The van der Waals surface area contributed by atoms with Gasteiger partial charge in [-0.3, -0.25) is 19.1 Å². The van der Waals surface area contributed by atoms with Crippen molar-refractivity contribution in [1.29, 1.82) is 0 Å². The molecule has 2 aliphatic rings. The Morgan fingerprint density at radius 3 is 2.46 bits per heavy atom. The van der Waals surface area contributed by atoms with Gasteiger partial charge in [-0.2, -0.15) is 13.8 Å². The van der Waals surface area contributed by atoms with Gasteiger partial charge in [-0.15, -0.1) is 0 Å². The van der Waals surface area contributed by atoms with Crippen molar-refractivity contribution >= 4 is 29.6 Å². The van der Waals surface area contributed by atoms with Crippen LogP contribution in [0.2, 0.25) is 0 Å². The van der Waals surface area contributed by atoms with Crippen molar-refractivity contribution in [2.75, 3.05) is 25.1 Å². The van der Waals surface area contributed by atoms with Gasteiger partial charge in [-0.05, 0) is 12.1 Å². The maximum atomic E-state index is 14.2. The molecule has 3 heterocycles. The van der Waals surface area contributed by atoms with Crippen LogP contribution in [0, 0.1) is 0 Å². The molecule has 0 spiro atoms. The van der Waals surface area contributed by atoms with E-state index in [1.54, 1.807) is 0 Å². The number of halogens is 2. The van der Waals surface area contributed by atoms with Gasteiger partial charge in [-0.25, -0.2) is 14.4 Å². The summed E-state index contributed by atoms with van der Waals surface area (Å²) in [6.07, 6.45) is 0.0917. The van der Waals surface area contributed by atoms with Crippen LogP contribution in [0.3, 0.4) is 0 Å². The number of hydrogen-bond acceptors (Lipinski definition) is 11. The summed E-state index contributed by atoms with van der Waals surface area (Å²) in [6, 6.07) is 0.999. The summed E-state index contributed by atoms with van der Waals surface area (Å²) in [7, 11) is 0. The Labute approximate surface area is 205 Å². The summed E-state index contributed by atoms with van der Waals surface area (Å²) in [4.78, 5) is 62.9. The van der Waals surface area contributed by atoms with Crippen LogP contribution in [0.25, 0.3) is 0 Å². The summed E-state index contributed by atoms with van der Waals surface area (Å²) in [5.74, 6) is -8.23. The molecule has 0 saturated carbocycles. The molecule has 0 aliphatic carbocycles. The average molecular weight is 526 g/mol. The number of aliphatic hydroxyl groups is 2. The number of alkyl halides is 2. The lowest BCUT2D eigenvalue weighted by atomic mass is 10.1. The third-order valence-corrected chi connectivity index (χ3v) is 5.12. The maximum absolute atomic E-state index is 14.2. The van der Waals surface area contributed by atoms with Gasteiger partial charge in [0.1, 0.15) is 18.5 Å². The van der Waals surface area contributed by atoms with E-state index in [1.807, 2.05) is 0 Å². The molecule has 1 saturated heterocycles. The summed E-state index contributed by atoms with van der Waals surface area (Å²) < 4.78 is 38.5. The molecule has 2 aliphatic heterocycles. The largest absolute Gasteiger partial charge is 0.477 e. The maximum Gasteiger partial charge on any atom is 0.351 e. The first-order chi connectivity index (χ1) is 17.5. The van der Waals surface area contributed by atoms with Gasteiger partial charge in [-0.1, -0.05) is 6.08 Å². The highest BCUT2D eigenvalue weighted by Crippen LogP contribution is 2.41. The zero-order chi connectivity index (χ0) is 27.3. The van der Waals surface area contributed by atoms with Crippen molar-refractivity contribution in [3.8, 4) is 0 Å². The number of ether oxygens (including phenoxy) is 2. The zero-order valence-electron chi connectivity index (χ0n) is 18.7. The van der Waals surface area contributed by atoms with E-state index in [1.165, 1.54) is 12.2 Å². The summed E-state index contributed by atoms with van der Waals surface area (Å²) >= 11 is 0. The van der Waals surface area contributed by atoms with Crippen molar-refractivity contribution in [2.24, 2.45) is 0 Å².